The van der Waals surface area contributed by atoms with Crippen LogP contribution in [0.2, 0.25) is 0 Å². The number of aromatic nitrogens is 2. The van der Waals surface area contributed by atoms with Crippen LogP contribution in [0, 0.1) is 18.2 Å². The van der Waals surface area contributed by atoms with Gasteiger partial charge in [0.05, 0.1) is 11.6 Å². The molecule has 2 heterocycles. The van der Waals surface area contributed by atoms with Crippen molar-refractivity contribution in [1.82, 2.24) is 15.1 Å². The van der Waals surface area contributed by atoms with Crippen LogP contribution < -0.4 is 10.6 Å². The van der Waals surface area contributed by atoms with E-state index in [1.54, 1.807) is 24.5 Å². The van der Waals surface area contributed by atoms with Gasteiger partial charge >= 0.3 is 0 Å². The van der Waals surface area contributed by atoms with Crippen molar-refractivity contribution < 1.29 is 9.18 Å². The van der Waals surface area contributed by atoms with E-state index in [-0.39, 0.29) is 5.91 Å². The van der Waals surface area contributed by atoms with Crippen LogP contribution in [-0.4, -0.2) is 28.8 Å². The summed E-state index contributed by atoms with van der Waals surface area (Å²) in [5, 5.41) is 10.2. The number of nitrogens with one attached hydrogen (secondary N) is 2. The number of nitrogens with zero attached hydrogens (tertiary/aromatic N) is 2. The smallest absolute Gasteiger partial charge is 0.234 e. The molecule has 25 heavy (non-hydrogen) atoms. The third-order valence-corrected chi connectivity index (χ3v) is 4.60. The Kier molecular flexibility index (Phi) is 4.72. The topological polar surface area (TPSA) is 59.0 Å². The van der Waals surface area contributed by atoms with Gasteiger partial charge in [-0.1, -0.05) is 11.6 Å². The molecule has 0 radical (unpaired) electrons. The van der Waals surface area contributed by atoms with E-state index in [4.69, 9.17) is 0 Å². The molecule has 0 bridgehead atoms. The lowest BCUT2D eigenvalue weighted by atomic mass is 9.80. The molecular formula is C19H23FN4O. The Labute approximate surface area is 146 Å². The van der Waals surface area contributed by atoms with Crippen molar-refractivity contribution in [3.63, 3.8) is 0 Å². The van der Waals surface area contributed by atoms with Crippen molar-refractivity contribution in [3.8, 4) is 5.69 Å². The van der Waals surface area contributed by atoms with Crippen LogP contribution in [0.1, 0.15) is 25.8 Å². The molecule has 6 heteroatoms. The zero-order chi connectivity index (χ0) is 18.0. The monoisotopic (exact) mass is 342 g/mol. The molecule has 2 N–H and O–H groups in total. The highest BCUT2D eigenvalue weighted by molar-refractivity contribution is 5.97. The molecule has 2 aromatic rings. The molecule has 0 aliphatic carbocycles. The second kappa shape index (κ2) is 6.80. The normalized spacial score (nSPS) is 15.0. The van der Waals surface area contributed by atoms with Gasteiger partial charge < -0.3 is 10.6 Å². The fraction of sp³-hybridized carbons (Fsp3) is 0.368. The fourth-order valence-electron chi connectivity index (χ4n) is 2.94. The summed E-state index contributed by atoms with van der Waals surface area (Å²) in [7, 11) is 0. The number of halogens is 1. The lowest BCUT2D eigenvalue weighted by Gasteiger charge is -2.29. The van der Waals surface area contributed by atoms with Gasteiger partial charge in [-0.25, -0.2) is 9.07 Å². The number of aryl methyl sites for hydroxylation is 1. The van der Waals surface area contributed by atoms with Crippen molar-refractivity contribution in [3.05, 3.63) is 53.6 Å². The molecule has 0 spiro atoms. The number of carbonyl (C=O) groups excluding carboxylic acids is 1. The van der Waals surface area contributed by atoms with Crippen LogP contribution in [0.5, 0.6) is 0 Å². The second-order valence-electron chi connectivity index (χ2n) is 6.89. The van der Waals surface area contributed by atoms with E-state index >= 15 is 0 Å². The number of hydrogen-bond acceptors (Lipinski definition) is 3. The Bertz CT molecular complexity index is 823. The summed E-state index contributed by atoms with van der Waals surface area (Å²) in [6, 6.07) is 4.64. The van der Waals surface area contributed by atoms with Crippen molar-refractivity contribution >= 4 is 11.6 Å². The molecular weight excluding hydrogens is 319 g/mol. The van der Waals surface area contributed by atoms with Gasteiger partial charge in [0.2, 0.25) is 5.91 Å². The van der Waals surface area contributed by atoms with E-state index in [2.05, 4.69) is 21.8 Å². The second-order valence-corrected chi connectivity index (χ2v) is 6.89. The molecule has 1 aliphatic heterocycles. The summed E-state index contributed by atoms with van der Waals surface area (Å²) in [5.74, 6) is -0.567. The minimum atomic E-state index is -0.629. The molecule has 1 aromatic carbocycles. The third kappa shape index (κ3) is 3.64. The van der Waals surface area contributed by atoms with E-state index < -0.39 is 11.2 Å². The molecule has 0 fully saturated rings. The molecule has 1 aromatic heterocycles. The number of hydrogen-bond donors (Lipinski definition) is 2. The van der Waals surface area contributed by atoms with Crippen LogP contribution in [0.25, 0.3) is 5.69 Å². The summed E-state index contributed by atoms with van der Waals surface area (Å²) in [6.07, 6.45) is 6.33. The summed E-state index contributed by atoms with van der Waals surface area (Å²) < 4.78 is 15.9. The first-order valence-electron chi connectivity index (χ1n) is 8.41. The summed E-state index contributed by atoms with van der Waals surface area (Å²) in [6.45, 7) is 7.34. The van der Waals surface area contributed by atoms with Gasteiger partial charge in [0.25, 0.3) is 0 Å². The number of amides is 1. The van der Waals surface area contributed by atoms with Gasteiger partial charge in [-0.05, 0) is 57.5 Å². The van der Waals surface area contributed by atoms with E-state index in [9.17, 15) is 9.18 Å². The van der Waals surface area contributed by atoms with Crippen LogP contribution in [0.3, 0.4) is 0 Å². The van der Waals surface area contributed by atoms with Crippen LogP contribution >= 0.6 is 0 Å². The third-order valence-electron chi connectivity index (χ3n) is 4.60. The Morgan fingerprint density at radius 1 is 1.40 bits per heavy atom. The Hall–Kier alpha value is -2.47. The first kappa shape index (κ1) is 17.4. The van der Waals surface area contributed by atoms with Gasteiger partial charge in [0, 0.05) is 18.4 Å². The Balaban J connectivity index is 1.77. The van der Waals surface area contributed by atoms with Crippen LogP contribution in [0.4, 0.5) is 10.1 Å². The highest BCUT2D eigenvalue weighted by atomic mass is 19.1. The molecule has 0 saturated heterocycles. The number of rotatable bonds is 4. The molecule has 0 saturated carbocycles. The summed E-state index contributed by atoms with van der Waals surface area (Å²) >= 11 is 0. The minimum Gasteiger partial charge on any atom is -0.325 e. The zero-order valence-electron chi connectivity index (χ0n) is 14.8. The molecule has 1 amide bonds. The molecule has 3 rings (SSSR count). The highest BCUT2D eigenvalue weighted by Crippen LogP contribution is 2.31. The predicted octanol–water partition coefficient (Wildman–Crippen LogP) is 3.20. The van der Waals surface area contributed by atoms with Crippen LogP contribution in [-0.2, 0) is 4.79 Å². The van der Waals surface area contributed by atoms with Gasteiger partial charge in [-0.2, -0.15) is 5.10 Å². The molecule has 132 valence electrons. The quantitative estimate of drug-likeness (QED) is 0.839. The Morgan fingerprint density at radius 3 is 2.80 bits per heavy atom. The summed E-state index contributed by atoms with van der Waals surface area (Å²) in [4.78, 5) is 12.7. The number of anilines is 1. The van der Waals surface area contributed by atoms with Crippen molar-refractivity contribution in [1.29, 1.82) is 0 Å². The summed E-state index contributed by atoms with van der Waals surface area (Å²) in [5.41, 5.74) is 2.22. The largest absolute Gasteiger partial charge is 0.325 e. The first-order chi connectivity index (χ1) is 11.9. The van der Waals surface area contributed by atoms with E-state index in [1.165, 1.54) is 10.7 Å². The average Bonchev–Trinajstić information content (AvgIpc) is 3.02. The van der Waals surface area contributed by atoms with Gasteiger partial charge in [0.15, 0.2) is 5.82 Å². The predicted molar refractivity (Wildman–Crippen MR) is 96.2 cm³/mol. The Morgan fingerprint density at radius 2 is 2.20 bits per heavy atom. The number of benzene rings is 1. The maximum absolute atomic E-state index is 14.4. The van der Waals surface area contributed by atoms with Gasteiger partial charge in [-0.15, -0.1) is 0 Å². The SMILES string of the molecule is Cc1cnn(-c2ccc(NC(=O)C(C)(C)C3=CCNCC3)cc2F)c1. The van der Waals surface area contributed by atoms with Gasteiger partial charge in [0.1, 0.15) is 5.69 Å². The highest BCUT2D eigenvalue weighted by Gasteiger charge is 2.32. The number of carbonyl (C=O) groups is 1. The maximum atomic E-state index is 14.4. The standard InChI is InChI=1S/C19H23FN4O/c1-13-11-22-24(12-13)17-5-4-15(10-16(17)20)23-18(25)19(2,3)14-6-8-21-9-7-14/h4-6,10-12,21H,7-9H2,1-3H3,(H,23,25). The minimum absolute atomic E-state index is 0.136. The van der Waals surface area contributed by atoms with Gasteiger partial charge in [-0.3, -0.25) is 4.79 Å². The first-order valence-corrected chi connectivity index (χ1v) is 8.41. The van der Waals surface area contributed by atoms with E-state index in [1.807, 2.05) is 20.8 Å². The van der Waals surface area contributed by atoms with Crippen molar-refractivity contribution in [2.45, 2.75) is 27.2 Å². The van der Waals surface area contributed by atoms with Crippen LogP contribution in [0.15, 0.2) is 42.2 Å². The van der Waals surface area contributed by atoms with E-state index in [0.29, 0.717) is 11.4 Å². The maximum Gasteiger partial charge on any atom is 0.234 e. The van der Waals surface area contributed by atoms with E-state index in [0.717, 1.165) is 30.6 Å². The average molecular weight is 342 g/mol. The molecule has 5 nitrogen and oxygen atoms in total. The lowest BCUT2D eigenvalue weighted by molar-refractivity contribution is -0.122. The lowest BCUT2D eigenvalue weighted by Crippen LogP contribution is -2.36. The van der Waals surface area contributed by atoms with Crippen molar-refractivity contribution in [2.75, 3.05) is 18.4 Å². The molecule has 1 aliphatic rings. The molecule has 0 unspecified atom stereocenters. The molecule has 0 atom stereocenters. The zero-order valence-corrected chi connectivity index (χ0v) is 14.8. The van der Waals surface area contributed by atoms with Crippen molar-refractivity contribution in [2.24, 2.45) is 5.41 Å². The fourth-order valence-corrected chi connectivity index (χ4v) is 2.94.